The molecule has 0 spiro atoms. The molecule has 0 bridgehead atoms. The van der Waals surface area contributed by atoms with Crippen molar-refractivity contribution in [2.75, 3.05) is 26.3 Å². The summed E-state index contributed by atoms with van der Waals surface area (Å²) in [5.41, 5.74) is 1.79. The first-order valence-corrected chi connectivity index (χ1v) is 9.63. The van der Waals surface area contributed by atoms with Gasteiger partial charge < -0.3 is 9.64 Å². The minimum absolute atomic E-state index is 0.0529. The number of carbonyl (C=O) groups excluding carboxylic acids is 1. The third-order valence-electron chi connectivity index (χ3n) is 4.31. The molecular weight excluding hydrogens is 362 g/mol. The van der Waals surface area contributed by atoms with Gasteiger partial charge in [0, 0.05) is 13.1 Å². The summed E-state index contributed by atoms with van der Waals surface area (Å²) in [6, 6.07) is 19.4. The van der Waals surface area contributed by atoms with E-state index in [9.17, 15) is 4.79 Å². The number of hydrogen-bond donors (Lipinski definition) is 0. The Hall–Kier alpha value is -2.71. The molecular formula is C19H19N5O2S. The lowest BCUT2D eigenvalue weighted by atomic mass is 10.1. The molecule has 27 heavy (non-hydrogen) atoms. The summed E-state index contributed by atoms with van der Waals surface area (Å²) in [7, 11) is 0. The van der Waals surface area contributed by atoms with Gasteiger partial charge in [0.1, 0.15) is 5.25 Å². The lowest BCUT2D eigenvalue weighted by Crippen LogP contribution is -2.42. The molecule has 1 aromatic heterocycles. The number of para-hydroxylation sites is 1. The maximum atomic E-state index is 13.2. The zero-order chi connectivity index (χ0) is 18.5. The van der Waals surface area contributed by atoms with Crippen LogP contribution in [-0.2, 0) is 9.53 Å². The van der Waals surface area contributed by atoms with Crippen LogP contribution in [-0.4, -0.2) is 57.3 Å². The van der Waals surface area contributed by atoms with Crippen molar-refractivity contribution < 1.29 is 9.53 Å². The highest BCUT2D eigenvalue weighted by Crippen LogP contribution is 2.36. The van der Waals surface area contributed by atoms with E-state index in [1.54, 1.807) is 4.68 Å². The molecule has 1 fully saturated rings. The smallest absolute Gasteiger partial charge is 0.240 e. The van der Waals surface area contributed by atoms with Gasteiger partial charge in [0.15, 0.2) is 0 Å². The SMILES string of the molecule is O=C([C@H](Sc1nnnn1-c1ccccc1)c1ccccc1)N1CCOCC1. The molecule has 138 valence electrons. The first-order valence-electron chi connectivity index (χ1n) is 8.75. The molecule has 3 aromatic rings. The number of benzene rings is 2. The average molecular weight is 381 g/mol. The largest absolute Gasteiger partial charge is 0.378 e. The Balaban J connectivity index is 1.64. The van der Waals surface area contributed by atoms with Gasteiger partial charge in [-0.3, -0.25) is 4.79 Å². The summed E-state index contributed by atoms with van der Waals surface area (Å²) in [5, 5.41) is 12.2. The zero-order valence-corrected chi connectivity index (χ0v) is 15.5. The van der Waals surface area contributed by atoms with Gasteiger partial charge in [0.2, 0.25) is 11.1 Å². The minimum atomic E-state index is -0.419. The molecule has 0 radical (unpaired) electrons. The Morgan fingerprint density at radius 1 is 1.00 bits per heavy atom. The fraction of sp³-hybridized carbons (Fsp3) is 0.263. The summed E-state index contributed by atoms with van der Waals surface area (Å²) < 4.78 is 7.04. The highest BCUT2D eigenvalue weighted by Gasteiger charge is 2.30. The molecule has 1 saturated heterocycles. The van der Waals surface area contributed by atoms with Crippen molar-refractivity contribution in [3.05, 3.63) is 66.2 Å². The first-order chi connectivity index (χ1) is 13.3. The van der Waals surface area contributed by atoms with Gasteiger partial charge in [-0.05, 0) is 28.1 Å². The van der Waals surface area contributed by atoms with Crippen molar-refractivity contribution in [3.63, 3.8) is 0 Å². The predicted octanol–water partition coefficient (Wildman–Crippen LogP) is 2.35. The molecule has 2 heterocycles. The lowest BCUT2D eigenvalue weighted by Gasteiger charge is -2.30. The van der Waals surface area contributed by atoms with Crippen molar-refractivity contribution in [2.24, 2.45) is 0 Å². The van der Waals surface area contributed by atoms with E-state index in [-0.39, 0.29) is 5.91 Å². The van der Waals surface area contributed by atoms with E-state index in [1.807, 2.05) is 65.6 Å². The van der Waals surface area contributed by atoms with E-state index in [0.29, 0.717) is 31.5 Å². The van der Waals surface area contributed by atoms with E-state index in [4.69, 9.17) is 4.74 Å². The number of carbonyl (C=O) groups is 1. The summed E-state index contributed by atoms with van der Waals surface area (Å²) >= 11 is 1.37. The van der Waals surface area contributed by atoms with E-state index in [2.05, 4.69) is 15.5 Å². The third-order valence-corrected chi connectivity index (χ3v) is 5.49. The molecule has 1 aliphatic heterocycles. The van der Waals surface area contributed by atoms with Crippen LogP contribution >= 0.6 is 11.8 Å². The fourth-order valence-electron chi connectivity index (χ4n) is 2.93. The normalized spacial score (nSPS) is 15.5. The topological polar surface area (TPSA) is 73.1 Å². The van der Waals surface area contributed by atoms with Crippen LogP contribution in [0.5, 0.6) is 0 Å². The molecule has 1 atom stereocenters. The number of amides is 1. The maximum Gasteiger partial charge on any atom is 0.240 e. The lowest BCUT2D eigenvalue weighted by molar-refractivity contribution is -0.134. The molecule has 1 amide bonds. The molecule has 1 aliphatic rings. The van der Waals surface area contributed by atoms with Crippen LogP contribution in [0, 0.1) is 0 Å². The second-order valence-corrected chi connectivity index (χ2v) is 7.13. The number of morpholine rings is 1. The number of thioether (sulfide) groups is 1. The third kappa shape index (κ3) is 4.01. The molecule has 0 unspecified atom stereocenters. The average Bonchev–Trinajstić information content (AvgIpc) is 3.22. The van der Waals surface area contributed by atoms with E-state index in [1.165, 1.54) is 11.8 Å². The quantitative estimate of drug-likeness (QED) is 0.632. The second-order valence-electron chi connectivity index (χ2n) is 6.06. The molecule has 0 saturated carbocycles. The van der Waals surface area contributed by atoms with Crippen LogP contribution in [0.25, 0.3) is 5.69 Å². The van der Waals surface area contributed by atoms with Gasteiger partial charge >= 0.3 is 0 Å². The minimum Gasteiger partial charge on any atom is -0.378 e. The van der Waals surface area contributed by atoms with E-state index >= 15 is 0 Å². The highest BCUT2D eigenvalue weighted by molar-refractivity contribution is 8.00. The van der Waals surface area contributed by atoms with Crippen molar-refractivity contribution >= 4 is 17.7 Å². The standard InChI is InChI=1S/C19H19N5O2S/c25-18(23-11-13-26-14-12-23)17(15-7-3-1-4-8-15)27-19-20-21-22-24(19)16-9-5-2-6-10-16/h1-10,17H,11-14H2/t17-/m1/s1. The number of tetrazole rings is 1. The van der Waals surface area contributed by atoms with Gasteiger partial charge in [-0.2, -0.15) is 4.68 Å². The Bertz CT molecular complexity index is 881. The number of rotatable bonds is 5. The van der Waals surface area contributed by atoms with Gasteiger partial charge in [0.25, 0.3) is 0 Å². The zero-order valence-electron chi connectivity index (χ0n) is 14.6. The Kier molecular flexibility index (Phi) is 5.45. The summed E-state index contributed by atoms with van der Waals surface area (Å²) in [5.74, 6) is 0.0529. The number of ether oxygens (including phenoxy) is 1. The number of nitrogens with zero attached hydrogens (tertiary/aromatic N) is 5. The predicted molar refractivity (Wildman–Crippen MR) is 102 cm³/mol. The van der Waals surface area contributed by atoms with Crippen LogP contribution in [0.4, 0.5) is 0 Å². The number of hydrogen-bond acceptors (Lipinski definition) is 6. The first kappa shape index (κ1) is 17.7. The van der Waals surface area contributed by atoms with Crippen molar-refractivity contribution in [1.82, 2.24) is 25.1 Å². The summed E-state index contributed by atoms with van der Waals surface area (Å²) in [4.78, 5) is 15.1. The summed E-state index contributed by atoms with van der Waals surface area (Å²) in [6.45, 7) is 2.35. The molecule has 8 heteroatoms. The van der Waals surface area contributed by atoms with Gasteiger partial charge in [-0.15, -0.1) is 5.10 Å². The van der Waals surface area contributed by atoms with E-state index < -0.39 is 5.25 Å². The van der Waals surface area contributed by atoms with Crippen molar-refractivity contribution in [2.45, 2.75) is 10.4 Å². The Labute approximate surface area is 161 Å². The molecule has 0 N–H and O–H groups in total. The second kappa shape index (κ2) is 8.32. The molecule has 7 nitrogen and oxygen atoms in total. The highest BCUT2D eigenvalue weighted by atomic mass is 32.2. The molecule has 4 rings (SSSR count). The van der Waals surface area contributed by atoms with Crippen LogP contribution in [0.3, 0.4) is 0 Å². The van der Waals surface area contributed by atoms with Crippen molar-refractivity contribution in [3.8, 4) is 5.69 Å². The van der Waals surface area contributed by atoms with Crippen molar-refractivity contribution in [1.29, 1.82) is 0 Å². The molecule has 0 aliphatic carbocycles. The number of aromatic nitrogens is 4. The maximum absolute atomic E-state index is 13.2. The fourth-order valence-corrected chi connectivity index (χ4v) is 4.01. The monoisotopic (exact) mass is 381 g/mol. The van der Waals surface area contributed by atoms with Crippen LogP contribution in [0.1, 0.15) is 10.8 Å². The Morgan fingerprint density at radius 3 is 2.37 bits per heavy atom. The van der Waals surface area contributed by atoms with Crippen LogP contribution < -0.4 is 0 Å². The van der Waals surface area contributed by atoms with Gasteiger partial charge in [-0.25, -0.2) is 0 Å². The summed E-state index contributed by atoms with van der Waals surface area (Å²) in [6.07, 6.45) is 0. The van der Waals surface area contributed by atoms with Crippen LogP contribution in [0.2, 0.25) is 0 Å². The van der Waals surface area contributed by atoms with Gasteiger partial charge in [0.05, 0.1) is 18.9 Å². The Morgan fingerprint density at radius 2 is 1.67 bits per heavy atom. The van der Waals surface area contributed by atoms with Gasteiger partial charge in [-0.1, -0.05) is 60.3 Å². The molecule has 2 aromatic carbocycles. The van der Waals surface area contributed by atoms with E-state index in [0.717, 1.165) is 11.3 Å². The van der Waals surface area contributed by atoms with Crippen LogP contribution in [0.15, 0.2) is 65.8 Å².